The highest BCUT2D eigenvalue weighted by Crippen LogP contribution is 2.35. The van der Waals surface area contributed by atoms with Gasteiger partial charge < -0.3 is 15.1 Å². The standard InChI is InChI=1S/C28H28N2O2/c1-16-14-22(19(4)30-24-11-10-20-12-13-29-25(20)17(24)2)28-23(15-16)26(31)18(3)27(32-28)21-8-6-5-7-9-21/h5-11,14-15,19,29-30H,12-13H2,1-4H3/t19-/m1/s1. The first-order chi connectivity index (χ1) is 15.4. The summed E-state index contributed by atoms with van der Waals surface area (Å²) in [6.45, 7) is 9.14. The smallest absolute Gasteiger partial charge is 0.196 e. The minimum Gasteiger partial charge on any atom is -0.455 e. The van der Waals surface area contributed by atoms with Gasteiger partial charge in [0.15, 0.2) is 5.43 Å². The minimum absolute atomic E-state index is 0.0279. The van der Waals surface area contributed by atoms with Crippen LogP contribution in [0.15, 0.2) is 63.8 Å². The fraction of sp³-hybridized carbons (Fsp3) is 0.250. The first-order valence-corrected chi connectivity index (χ1v) is 11.2. The molecule has 0 saturated carbocycles. The molecule has 0 spiro atoms. The van der Waals surface area contributed by atoms with Crippen LogP contribution in [-0.4, -0.2) is 6.54 Å². The Bertz CT molecular complexity index is 1390. The van der Waals surface area contributed by atoms with Crippen LogP contribution in [0, 0.1) is 20.8 Å². The predicted octanol–water partition coefficient (Wildman–Crippen LogP) is 6.53. The third-order valence-electron chi connectivity index (χ3n) is 6.51. The molecule has 0 radical (unpaired) electrons. The molecule has 1 aliphatic rings. The molecule has 1 aliphatic heterocycles. The maximum Gasteiger partial charge on any atom is 0.196 e. The summed E-state index contributed by atoms with van der Waals surface area (Å²) in [6, 6.07) is 18.2. The van der Waals surface area contributed by atoms with Crippen LogP contribution in [0.2, 0.25) is 0 Å². The van der Waals surface area contributed by atoms with Crippen molar-refractivity contribution in [3.05, 3.63) is 92.6 Å². The minimum atomic E-state index is -0.0370. The number of anilines is 2. The molecule has 0 unspecified atom stereocenters. The lowest BCUT2D eigenvalue weighted by atomic mass is 9.98. The van der Waals surface area contributed by atoms with Crippen LogP contribution in [0.3, 0.4) is 0 Å². The molecule has 162 valence electrons. The summed E-state index contributed by atoms with van der Waals surface area (Å²) in [6.07, 6.45) is 1.07. The van der Waals surface area contributed by atoms with Gasteiger partial charge in [-0.2, -0.15) is 0 Å². The summed E-state index contributed by atoms with van der Waals surface area (Å²) >= 11 is 0. The van der Waals surface area contributed by atoms with Crippen molar-refractivity contribution in [3.8, 4) is 11.3 Å². The van der Waals surface area contributed by atoms with Gasteiger partial charge in [0.1, 0.15) is 11.3 Å². The van der Waals surface area contributed by atoms with E-state index in [4.69, 9.17) is 4.42 Å². The van der Waals surface area contributed by atoms with Crippen LogP contribution in [-0.2, 0) is 6.42 Å². The van der Waals surface area contributed by atoms with E-state index in [-0.39, 0.29) is 11.5 Å². The molecular weight excluding hydrogens is 396 g/mol. The van der Waals surface area contributed by atoms with Crippen molar-refractivity contribution in [2.24, 2.45) is 0 Å². The monoisotopic (exact) mass is 424 g/mol. The molecule has 4 aromatic rings. The second-order valence-corrected chi connectivity index (χ2v) is 8.80. The first-order valence-electron chi connectivity index (χ1n) is 11.2. The number of benzene rings is 3. The van der Waals surface area contributed by atoms with Crippen molar-refractivity contribution in [2.75, 3.05) is 17.2 Å². The number of aryl methyl sites for hydroxylation is 1. The zero-order valence-corrected chi connectivity index (χ0v) is 19.0. The molecule has 3 aromatic carbocycles. The summed E-state index contributed by atoms with van der Waals surface area (Å²) in [5, 5.41) is 7.80. The largest absolute Gasteiger partial charge is 0.455 e. The Morgan fingerprint density at radius 3 is 2.56 bits per heavy atom. The first kappa shape index (κ1) is 20.4. The summed E-state index contributed by atoms with van der Waals surface area (Å²) < 4.78 is 6.46. The van der Waals surface area contributed by atoms with Crippen molar-refractivity contribution in [1.82, 2.24) is 0 Å². The number of rotatable bonds is 4. The number of fused-ring (bicyclic) bond motifs is 2. The van der Waals surface area contributed by atoms with E-state index >= 15 is 0 Å². The van der Waals surface area contributed by atoms with Gasteiger partial charge in [-0.15, -0.1) is 0 Å². The normalized spacial score (nSPS) is 13.6. The lowest BCUT2D eigenvalue weighted by Crippen LogP contribution is -2.13. The van der Waals surface area contributed by atoms with Gasteiger partial charge in [-0.3, -0.25) is 4.79 Å². The molecule has 0 fully saturated rings. The van der Waals surface area contributed by atoms with E-state index in [1.165, 1.54) is 16.8 Å². The van der Waals surface area contributed by atoms with Gasteiger partial charge in [0.05, 0.1) is 11.4 Å². The van der Waals surface area contributed by atoms with E-state index in [0.29, 0.717) is 22.3 Å². The second-order valence-electron chi connectivity index (χ2n) is 8.80. The Kier molecular flexibility index (Phi) is 5.01. The summed E-state index contributed by atoms with van der Waals surface area (Å²) in [5.74, 6) is 0.637. The lowest BCUT2D eigenvalue weighted by Gasteiger charge is -2.21. The van der Waals surface area contributed by atoms with Crippen LogP contribution < -0.4 is 16.1 Å². The maximum atomic E-state index is 13.3. The van der Waals surface area contributed by atoms with Crippen molar-refractivity contribution in [1.29, 1.82) is 0 Å². The Morgan fingerprint density at radius 2 is 1.78 bits per heavy atom. The van der Waals surface area contributed by atoms with Gasteiger partial charge in [0.25, 0.3) is 0 Å². The maximum absolute atomic E-state index is 13.3. The van der Waals surface area contributed by atoms with Gasteiger partial charge >= 0.3 is 0 Å². The number of nitrogens with one attached hydrogen (secondary N) is 2. The molecule has 4 nitrogen and oxygen atoms in total. The van der Waals surface area contributed by atoms with Crippen LogP contribution in [0.1, 0.15) is 40.8 Å². The van der Waals surface area contributed by atoms with Crippen LogP contribution in [0.5, 0.6) is 0 Å². The van der Waals surface area contributed by atoms with E-state index < -0.39 is 0 Å². The van der Waals surface area contributed by atoms with E-state index in [0.717, 1.165) is 35.3 Å². The third-order valence-corrected chi connectivity index (χ3v) is 6.51. The Labute approximate surface area is 188 Å². The van der Waals surface area contributed by atoms with Crippen molar-refractivity contribution >= 4 is 22.3 Å². The van der Waals surface area contributed by atoms with E-state index in [2.05, 4.69) is 42.7 Å². The van der Waals surface area contributed by atoms with Crippen LogP contribution in [0.4, 0.5) is 11.4 Å². The topological polar surface area (TPSA) is 54.3 Å². The molecule has 0 aliphatic carbocycles. The highest BCUT2D eigenvalue weighted by molar-refractivity contribution is 5.85. The molecule has 4 heteroatoms. The highest BCUT2D eigenvalue weighted by Gasteiger charge is 2.20. The Morgan fingerprint density at radius 1 is 1.00 bits per heavy atom. The van der Waals surface area contributed by atoms with Gasteiger partial charge in [0.2, 0.25) is 0 Å². The molecule has 2 N–H and O–H groups in total. The molecule has 0 bridgehead atoms. The fourth-order valence-electron chi connectivity index (χ4n) is 4.77. The fourth-order valence-corrected chi connectivity index (χ4v) is 4.77. The molecule has 1 atom stereocenters. The Balaban J connectivity index is 1.64. The molecule has 0 amide bonds. The molecule has 5 rings (SSSR count). The third kappa shape index (κ3) is 3.36. The van der Waals surface area contributed by atoms with Gasteiger partial charge in [-0.1, -0.05) is 42.5 Å². The van der Waals surface area contributed by atoms with E-state index in [9.17, 15) is 4.79 Å². The molecule has 0 saturated heterocycles. The van der Waals surface area contributed by atoms with Crippen molar-refractivity contribution in [3.63, 3.8) is 0 Å². The molecule has 32 heavy (non-hydrogen) atoms. The SMILES string of the molecule is Cc1cc([C@@H](C)Nc2ccc3c(c2C)NCC3)c2oc(-c3ccccc3)c(C)c(=O)c2c1. The summed E-state index contributed by atoms with van der Waals surface area (Å²) in [5.41, 5.74) is 9.21. The van der Waals surface area contributed by atoms with Gasteiger partial charge in [0, 0.05) is 34.6 Å². The van der Waals surface area contributed by atoms with E-state index in [1.54, 1.807) is 0 Å². The quantitative estimate of drug-likeness (QED) is 0.391. The van der Waals surface area contributed by atoms with Crippen LogP contribution >= 0.6 is 0 Å². The summed E-state index contributed by atoms with van der Waals surface area (Å²) in [7, 11) is 0. The van der Waals surface area contributed by atoms with Gasteiger partial charge in [-0.05, 0) is 62.9 Å². The number of hydrogen-bond donors (Lipinski definition) is 2. The average molecular weight is 425 g/mol. The van der Waals surface area contributed by atoms with Crippen molar-refractivity contribution < 1.29 is 4.42 Å². The van der Waals surface area contributed by atoms with Crippen LogP contribution in [0.25, 0.3) is 22.3 Å². The molecule has 1 aromatic heterocycles. The Hall–Kier alpha value is -3.53. The predicted molar refractivity (Wildman–Crippen MR) is 133 cm³/mol. The van der Waals surface area contributed by atoms with Gasteiger partial charge in [-0.25, -0.2) is 0 Å². The molecule has 2 heterocycles. The second kappa shape index (κ2) is 7.86. The lowest BCUT2D eigenvalue weighted by molar-refractivity contribution is 0.605. The van der Waals surface area contributed by atoms with Crippen molar-refractivity contribution in [2.45, 2.75) is 40.2 Å². The number of hydrogen-bond acceptors (Lipinski definition) is 4. The average Bonchev–Trinajstić information content (AvgIpc) is 3.28. The molecular formula is C28H28N2O2. The zero-order chi connectivity index (χ0) is 22.4. The highest BCUT2D eigenvalue weighted by atomic mass is 16.3. The van der Waals surface area contributed by atoms with E-state index in [1.807, 2.05) is 50.2 Å². The summed E-state index contributed by atoms with van der Waals surface area (Å²) in [4.78, 5) is 13.3. The zero-order valence-electron chi connectivity index (χ0n) is 19.0.